The molecule has 2 rings (SSSR count). The van der Waals surface area contributed by atoms with Crippen molar-refractivity contribution in [1.29, 1.82) is 0 Å². The second-order valence-corrected chi connectivity index (χ2v) is 8.95. The molecule has 30 heavy (non-hydrogen) atoms. The number of likely N-dealkylation sites (tertiary alicyclic amines) is 1. The van der Waals surface area contributed by atoms with Gasteiger partial charge in [-0.1, -0.05) is 38.5 Å². The van der Waals surface area contributed by atoms with Gasteiger partial charge in [-0.3, -0.25) is 4.79 Å². The number of amides is 2. The van der Waals surface area contributed by atoms with Crippen LogP contribution in [0.2, 0.25) is 0 Å². The number of carboxylic acid groups (broad SMARTS) is 1. The fourth-order valence-corrected chi connectivity index (χ4v) is 3.76. The van der Waals surface area contributed by atoms with Crippen LogP contribution >= 0.6 is 0 Å². The minimum atomic E-state index is -0.997. The molecule has 166 valence electrons. The lowest BCUT2D eigenvalue weighted by molar-refractivity contribution is -0.145. The highest BCUT2D eigenvalue weighted by molar-refractivity contribution is 5.97. The summed E-state index contributed by atoms with van der Waals surface area (Å²) >= 11 is 0. The third-order valence-corrected chi connectivity index (χ3v) is 5.50. The van der Waals surface area contributed by atoms with Crippen LogP contribution in [-0.2, 0) is 9.53 Å². The van der Waals surface area contributed by atoms with E-state index in [9.17, 15) is 19.5 Å². The number of benzene rings is 1. The Morgan fingerprint density at radius 2 is 1.73 bits per heavy atom. The van der Waals surface area contributed by atoms with Gasteiger partial charge in [-0.15, -0.1) is 0 Å². The van der Waals surface area contributed by atoms with Crippen LogP contribution in [0, 0.1) is 5.92 Å². The Hall–Kier alpha value is -2.57. The van der Waals surface area contributed by atoms with Gasteiger partial charge in [0.2, 0.25) is 0 Å². The van der Waals surface area contributed by atoms with Gasteiger partial charge >= 0.3 is 12.1 Å². The van der Waals surface area contributed by atoms with E-state index >= 15 is 0 Å². The van der Waals surface area contributed by atoms with Gasteiger partial charge in [0.1, 0.15) is 11.6 Å². The summed E-state index contributed by atoms with van der Waals surface area (Å²) in [7, 11) is 0. The smallest absolute Gasteiger partial charge is 0.410 e. The van der Waals surface area contributed by atoms with Gasteiger partial charge < -0.3 is 19.6 Å². The maximum Gasteiger partial charge on any atom is 0.410 e. The Morgan fingerprint density at radius 3 is 2.20 bits per heavy atom. The number of aliphatic carboxylic acids is 1. The van der Waals surface area contributed by atoms with Gasteiger partial charge in [-0.25, -0.2) is 9.59 Å². The predicted molar refractivity (Wildman–Crippen MR) is 114 cm³/mol. The van der Waals surface area contributed by atoms with E-state index in [1.165, 1.54) is 4.90 Å². The molecule has 7 heteroatoms. The fourth-order valence-electron chi connectivity index (χ4n) is 3.76. The minimum Gasteiger partial charge on any atom is -0.480 e. The normalized spacial score (nSPS) is 17.2. The first-order valence-corrected chi connectivity index (χ1v) is 10.6. The van der Waals surface area contributed by atoms with Gasteiger partial charge in [-0.05, 0) is 51.7 Å². The number of nitrogens with zero attached hydrogens (tertiary/aromatic N) is 2. The van der Waals surface area contributed by atoms with Crippen molar-refractivity contribution in [1.82, 2.24) is 9.80 Å². The summed E-state index contributed by atoms with van der Waals surface area (Å²) < 4.78 is 5.44. The number of carbonyl (C=O) groups excluding carboxylic acids is 2. The van der Waals surface area contributed by atoms with Crippen molar-refractivity contribution in [3.8, 4) is 0 Å². The van der Waals surface area contributed by atoms with E-state index < -0.39 is 17.6 Å². The van der Waals surface area contributed by atoms with Crippen molar-refractivity contribution in [2.24, 2.45) is 5.92 Å². The summed E-state index contributed by atoms with van der Waals surface area (Å²) in [5.41, 5.74) is -0.101. The SMILES string of the molecule is CC[C@H](C)[C@@H](C(=O)O)N(C(=O)c1ccccc1)C1CCN(C(=O)OC(C)(C)C)CC1. The molecule has 0 bridgehead atoms. The molecule has 2 amide bonds. The largest absolute Gasteiger partial charge is 0.480 e. The Morgan fingerprint density at radius 1 is 1.17 bits per heavy atom. The molecule has 0 aromatic heterocycles. The molecular formula is C23H34N2O5. The van der Waals surface area contributed by atoms with E-state index in [2.05, 4.69) is 0 Å². The van der Waals surface area contributed by atoms with Crippen molar-refractivity contribution < 1.29 is 24.2 Å². The predicted octanol–water partition coefficient (Wildman–Crippen LogP) is 4.03. The van der Waals surface area contributed by atoms with Gasteiger partial charge in [0.15, 0.2) is 0 Å². The molecule has 0 spiro atoms. The van der Waals surface area contributed by atoms with Crippen LogP contribution in [0.4, 0.5) is 4.79 Å². The number of carbonyl (C=O) groups is 3. The van der Waals surface area contributed by atoms with Crippen molar-refractivity contribution in [2.75, 3.05) is 13.1 Å². The molecular weight excluding hydrogens is 384 g/mol. The van der Waals surface area contributed by atoms with Crippen molar-refractivity contribution in [3.63, 3.8) is 0 Å². The Bertz CT molecular complexity index is 736. The summed E-state index contributed by atoms with van der Waals surface area (Å²) in [5.74, 6) is -1.47. The maximum atomic E-state index is 13.4. The lowest BCUT2D eigenvalue weighted by atomic mass is 9.92. The average molecular weight is 419 g/mol. The fraction of sp³-hybridized carbons (Fsp3) is 0.609. The molecule has 1 aromatic rings. The molecule has 1 heterocycles. The van der Waals surface area contributed by atoms with E-state index in [0.29, 0.717) is 37.9 Å². The van der Waals surface area contributed by atoms with Gasteiger partial charge in [-0.2, -0.15) is 0 Å². The van der Waals surface area contributed by atoms with Crippen LogP contribution in [0.25, 0.3) is 0 Å². The minimum absolute atomic E-state index is 0.195. The van der Waals surface area contributed by atoms with Crippen LogP contribution in [0.15, 0.2) is 30.3 Å². The van der Waals surface area contributed by atoms with E-state index in [1.807, 2.05) is 40.7 Å². The van der Waals surface area contributed by atoms with Gasteiger partial charge in [0.05, 0.1) is 0 Å². The second kappa shape index (κ2) is 9.96. The Balaban J connectivity index is 2.24. The lowest BCUT2D eigenvalue weighted by Gasteiger charge is -2.42. The molecule has 0 unspecified atom stereocenters. The van der Waals surface area contributed by atoms with E-state index in [4.69, 9.17) is 4.74 Å². The van der Waals surface area contributed by atoms with Crippen LogP contribution in [0.3, 0.4) is 0 Å². The standard InChI is InChI=1S/C23H34N2O5/c1-6-16(2)19(21(27)28)25(20(26)17-10-8-7-9-11-17)18-12-14-24(15-13-18)22(29)30-23(3,4)5/h7-11,16,18-19H,6,12-15H2,1-5H3,(H,27,28)/t16-,19-/m0/s1. The highest BCUT2D eigenvalue weighted by atomic mass is 16.6. The van der Waals surface area contributed by atoms with Crippen LogP contribution in [0.5, 0.6) is 0 Å². The number of ether oxygens (including phenoxy) is 1. The molecule has 1 saturated heterocycles. The van der Waals surface area contributed by atoms with E-state index in [-0.39, 0.29) is 24.0 Å². The number of hydrogen-bond acceptors (Lipinski definition) is 4. The van der Waals surface area contributed by atoms with Crippen LogP contribution in [0.1, 0.15) is 64.2 Å². The highest BCUT2D eigenvalue weighted by Gasteiger charge is 2.40. The molecule has 1 aliphatic rings. The average Bonchev–Trinajstić information content (AvgIpc) is 2.70. The molecule has 1 N–H and O–H groups in total. The molecule has 7 nitrogen and oxygen atoms in total. The molecule has 0 aliphatic carbocycles. The molecule has 0 radical (unpaired) electrons. The first-order valence-electron chi connectivity index (χ1n) is 10.6. The Kier molecular flexibility index (Phi) is 7.87. The number of piperidine rings is 1. The van der Waals surface area contributed by atoms with E-state index in [1.54, 1.807) is 29.2 Å². The number of hydrogen-bond donors (Lipinski definition) is 1. The molecule has 1 aromatic carbocycles. The zero-order chi connectivity index (χ0) is 22.5. The molecule has 2 atom stereocenters. The third-order valence-electron chi connectivity index (χ3n) is 5.50. The monoisotopic (exact) mass is 418 g/mol. The van der Waals surface area contributed by atoms with Crippen molar-refractivity contribution in [3.05, 3.63) is 35.9 Å². The quantitative estimate of drug-likeness (QED) is 0.754. The topological polar surface area (TPSA) is 87.2 Å². The first kappa shape index (κ1) is 23.7. The van der Waals surface area contributed by atoms with Crippen molar-refractivity contribution in [2.45, 2.75) is 71.6 Å². The highest BCUT2D eigenvalue weighted by Crippen LogP contribution is 2.27. The zero-order valence-corrected chi connectivity index (χ0v) is 18.6. The molecule has 1 aliphatic heterocycles. The van der Waals surface area contributed by atoms with Gasteiger partial charge in [0, 0.05) is 24.7 Å². The molecule has 0 saturated carbocycles. The summed E-state index contributed by atoms with van der Waals surface area (Å²) in [4.78, 5) is 41.1. The zero-order valence-electron chi connectivity index (χ0n) is 18.6. The first-order chi connectivity index (χ1) is 14.0. The van der Waals surface area contributed by atoms with Crippen LogP contribution in [-0.4, -0.2) is 63.7 Å². The third kappa shape index (κ3) is 5.97. The summed E-state index contributed by atoms with van der Waals surface area (Å²) in [6.07, 6.45) is 1.29. The second-order valence-electron chi connectivity index (χ2n) is 8.95. The summed E-state index contributed by atoms with van der Waals surface area (Å²) in [6, 6.07) is 7.61. The maximum absolute atomic E-state index is 13.4. The van der Waals surface area contributed by atoms with E-state index in [0.717, 1.165) is 0 Å². The lowest BCUT2D eigenvalue weighted by Crippen LogP contribution is -2.57. The summed E-state index contributed by atoms with van der Waals surface area (Å²) in [6.45, 7) is 10.1. The summed E-state index contributed by atoms with van der Waals surface area (Å²) in [5, 5.41) is 9.96. The van der Waals surface area contributed by atoms with Gasteiger partial charge in [0.25, 0.3) is 5.91 Å². The number of rotatable bonds is 6. The van der Waals surface area contributed by atoms with Crippen molar-refractivity contribution >= 4 is 18.0 Å². The number of carboxylic acids is 1. The Labute approximate surface area is 179 Å². The van der Waals surface area contributed by atoms with Crippen LogP contribution < -0.4 is 0 Å². The molecule has 1 fully saturated rings.